The first-order valence-corrected chi connectivity index (χ1v) is 11.8. The minimum Gasteiger partial charge on any atom is -0.496 e. The highest BCUT2D eigenvalue weighted by molar-refractivity contribution is 7.89. The van der Waals surface area contributed by atoms with Crippen molar-refractivity contribution in [1.29, 1.82) is 0 Å². The first kappa shape index (κ1) is 24.1. The molecule has 1 saturated heterocycles. The summed E-state index contributed by atoms with van der Waals surface area (Å²) in [4.78, 5) is 26.5. The van der Waals surface area contributed by atoms with E-state index < -0.39 is 27.8 Å². The molecule has 1 heterocycles. The second-order valence-electron chi connectivity index (χ2n) is 7.45. The van der Waals surface area contributed by atoms with Gasteiger partial charge in [0.05, 0.1) is 30.6 Å². The van der Waals surface area contributed by atoms with Crippen LogP contribution in [0.5, 0.6) is 5.75 Å². The third-order valence-corrected chi connectivity index (χ3v) is 7.27. The monoisotopic (exact) mass is 440 g/mol. The van der Waals surface area contributed by atoms with Gasteiger partial charge in [0, 0.05) is 26.2 Å². The van der Waals surface area contributed by atoms with Crippen molar-refractivity contribution in [2.75, 3.05) is 40.4 Å². The van der Waals surface area contributed by atoms with Crippen molar-refractivity contribution in [3.8, 4) is 5.75 Å². The molecule has 1 aromatic carbocycles. The Labute approximate surface area is 179 Å². The number of hydrogen-bond acceptors (Lipinski definition) is 6. The van der Waals surface area contributed by atoms with E-state index in [9.17, 15) is 18.0 Å². The second kappa shape index (κ2) is 10.8. The lowest BCUT2D eigenvalue weighted by Gasteiger charge is -2.25. The summed E-state index contributed by atoms with van der Waals surface area (Å²) in [6.45, 7) is 4.96. The maximum absolute atomic E-state index is 13.2. The highest BCUT2D eigenvalue weighted by atomic mass is 32.2. The molecule has 0 aliphatic carbocycles. The largest absolute Gasteiger partial charge is 0.496 e. The van der Waals surface area contributed by atoms with Crippen molar-refractivity contribution < 1.29 is 27.5 Å². The van der Waals surface area contributed by atoms with Crippen LogP contribution >= 0.6 is 0 Å². The first-order valence-electron chi connectivity index (χ1n) is 10.3. The fourth-order valence-electron chi connectivity index (χ4n) is 3.58. The zero-order chi connectivity index (χ0) is 22.3. The van der Waals surface area contributed by atoms with Crippen LogP contribution in [-0.4, -0.2) is 69.9 Å². The maximum atomic E-state index is 13.2. The Morgan fingerprint density at radius 1 is 1.13 bits per heavy atom. The maximum Gasteiger partial charge on any atom is 0.310 e. The van der Waals surface area contributed by atoms with Crippen LogP contribution in [0.2, 0.25) is 0 Å². The minimum atomic E-state index is -3.71. The van der Waals surface area contributed by atoms with Gasteiger partial charge in [-0.3, -0.25) is 9.59 Å². The van der Waals surface area contributed by atoms with E-state index in [0.717, 1.165) is 25.7 Å². The summed E-state index contributed by atoms with van der Waals surface area (Å²) in [5.41, 5.74) is 0.160. The van der Waals surface area contributed by atoms with Gasteiger partial charge in [0.15, 0.2) is 0 Å². The molecule has 1 aromatic rings. The highest BCUT2D eigenvalue weighted by Crippen LogP contribution is 2.27. The number of carbonyl (C=O) groups excluding carboxylic acids is 2. The molecule has 1 fully saturated rings. The van der Waals surface area contributed by atoms with Crippen LogP contribution in [0.4, 0.5) is 0 Å². The molecule has 9 heteroatoms. The topological polar surface area (TPSA) is 93.2 Å². The molecule has 8 nitrogen and oxygen atoms in total. The molecule has 0 radical (unpaired) electrons. The highest BCUT2D eigenvalue weighted by Gasteiger charge is 2.29. The van der Waals surface area contributed by atoms with Gasteiger partial charge in [-0.2, -0.15) is 4.31 Å². The lowest BCUT2D eigenvalue weighted by molar-refractivity contribution is -0.145. The molecule has 0 bridgehead atoms. The molecular weight excluding hydrogens is 408 g/mol. The Hall–Kier alpha value is -2.13. The number of methoxy groups -OCH3 is 2. The van der Waals surface area contributed by atoms with Gasteiger partial charge in [-0.15, -0.1) is 0 Å². The summed E-state index contributed by atoms with van der Waals surface area (Å²) in [5.74, 6) is -1.02. The van der Waals surface area contributed by atoms with Gasteiger partial charge in [0.25, 0.3) is 5.91 Å². The summed E-state index contributed by atoms with van der Waals surface area (Å²) in [6, 6.07) is 4.37. The fraction of sp³-hybridized carbons (Fsp3) is 0.619. The number of sulfonamides is 1. The van der Waals surface area contributed by atoms with Gasteiger partial charge in [0.1, 0.15) is 5.75 Å². The average molecular weight is 441 g/mol. The van der Waals surface area contributed by atoms with E-state index in [0.29, 0.717) is 25.4 Å². The number of carbonyl (C=O) groups is 2. The second-order valence-corrected chi connectivity index (χ2v) is 9.39. The number of hydrogen-bond donors (Lipinski definition) is 0. The lowest BCUT2D eigenvalue weighted by Crippen LogP contribution is -2.37. The summed E-state index contributed by atoms with van der Waals surface area (Å²) in [6.07, 6.45) is 3.69. The van der Waals surface area contributed by atoms with Gasteiger partial charge in [0.2, 0.25) is 10.0 Å². The van der Waals surface area contributed by atoms with E-state index in [-0.39, 0.29) is 17.0 Å². The van der Waals surface area contributed by atoms with Gasteiger partial charge < -0.3 is 14.4 Å². The Bertz CT molecular complexity index is 847. The molecule has 2 rings (SSSR count). The van der Waals surface area contributed by atoms with Gasteiger partial charge in [-0.1, -0.05) is 19.8 Å². The first-order chi connectivity index (χ1) is 14.3. The molecule has 0 saturated carbocycles. The summed E-state index contributed by atoms with van der Waals surface area (Å²) in [5, 5.41) is 0. The van der Waals surface area contributed by atoms with E-state index in [2.05, 4.69) is 0 Å². The van der Waals surface area contributed by atoms with Gasteiger partial charge in [-0.05, 0) is 38.0 Å². The van der Waals surface area contributed by atoms with Crippen LogP contribution in [0.25, 0.3) is 0 Å². The number of esters is 1. The van der Waals surface area contributed by atoms with E-state index in [4.69, 9.17) is 9.47 Å². The Balaban J connectivity index is 2.36. The van der Waals surface area contributed by atoms with Crippen molar-refractivity contribution in [3.05, 3.63) is 23.8 Å². The predicted octanol–water partition coefficient (Wildman–Crippen LogP) is 2.53. The molecule has 1 aliphatic rings. The quantitative estimate of drug-likeness (QED) is 0.577. The molecule has 30 heavy (non-hydrogen) atoms. The number of amides is 1. The van der Waals surface area contributed by atoms with Crippen molar-refractivity contribution in [2.24, 2.45) is 5.92 Å². The third kappa shape index (κ3) is 5.51. The Kier molecular flexibility index (Phi) is 8.66. The third-order valence-electron chi connectivity index (χ3n) is 5.37. The Morgan fingerprint density at radius 3 is 2.30 bits per heavy atom. The number of rotatable bonds is 8. The van der Waals surface area contributed by atoms with Crippen molar-refractivity contribution in [3.63, 3.8) is 0 Å². The van der Waals surface area contributed by atoms with E-state index in [1.165, 1.54) is 41.6 Å². The normalized spacial score (nSPS) is 16.4. The van der Waals surface area contributed by atoms with Crippen molar-refractivity contribution in [2.45, 2.75) is 44.4 Å². The average Bonchev–Trinajstić information content (AvgIpc) is 3.05. The summed E-state index contributed by atoms with van der Waals surface area (Å²) in [7, 11) is -0.971. The molecule has 1 unspecified atom stereocenters. The molecule has 1 atom stereocenters. The van der Waals surface area contributed by atoms with Crippen LogP contribution in [0.1, 0.15) is 49.9 Å². The predicted molar refractivity (Wildman–Crippen MR) is 113 cm³/mol. The smallest absolute Gasteiger partial charge is 0.310 e. The van der Waals surface area contributed by atoms with Crippen LogP contribution in [0.3, 0.4) is 0 Å². The zero-order valence-electron chi connectivity index (χ0n) is 18.2. The van der Waals surface area contributed by atoms with Gasteiger partial charge >= 0.3 is 5.97 Å². The zero-order valence-corrected chi connectivity index (χ0v) is 19.0. The SMILES string of the molecule is CCN(CC(C)C(=O)OC)C(=O)c1cc(S(=O)(=O)N2CCCCCC2)ccc1OC. The molecule has 0 N–H and O–H groups in total. The standard InChI is InChI=1S/C21H32N2O6S/c1-5-22(15-16(2)21(25)29-4)20(24)18-14-17(10-11-19(18)28-3)30(26,27)23-12-8-6-7-9-13-23/h10-11,14,16H,5-9,12-13,15H2,1-4H3. The summed E-state index contributed by atoms with van der Waals surface area (Å²) >= 11 is 0. The molecule has 1 amide bonds. The minimum absolute atomic E-state index is 0.0746. The van der Waals surface area contributed by atoms with E-state index >= 15 is 0 Å². The number of ether oxygens (including phenoxy) is 2. The lowest BCUT2D eigenvalue weighted by atomic mass is 10.1. The van der Waals surface area contributed by atoms with E-state index in [1.807, 2.05) is 0 Å². The van der Waals surface area contributed by atoms with Gasteiger partial charge in [-0.25, -0.2) is 8.42 Å². The van der Waals surface area contributed by atoms with Crippen molar-refractivity contribution in [1.82, 2.24) is 9.21 Å². The van der Waals surface area contributed by atoms with Crippen LogP contribution in [0, 0.1) is 5.92 Å². The Morgan fingerprint density at radius 2 is 1.77 bits per heavy atom. The molecule has 0 aromatic heterocycles. The summed E-state index contributed by atoms with van der Waals surface area (Å²) < 4.78 is 37.9. The molecule has 168 valence electrons. The fourth-order valence-corrected chi connectivity index (χ4v) is 5.12. The number of nitrogens with zero attached hydrogens (tertiary/aromatic N) is 2. The van der Waals surface area contributed by atoms with Crippen LogP contribution < -0.4 is 4.74 Å². The van der Waals surface area contributed by atoms with Crippen LogP contribution in [0.15, 0.2) is 23.1 Å². The van der Waals surface area contributed by atoms with Crippen molar-refractivity contribution >= 4 is 21.9 Å². The molecular formula is C21H32N2O6S. The molecule has 1 aliphatic heterocycles. The van der Waals surface area contributed by atoms with Crippen LogP contribution in [-0.2, 0) is 19.6 Å². The molecule has 0 spiro atoms. The van der Waals surface area contributed by atoms with E-state index in [1.54, 1.807) is 13.8 Å². The number of benzene rings is 1.